The molecule has 0 aromatic rings. The Morgan fingerprint density at radius 1 is 1.21 bits per heavy atom. The lowest BCUT2D eigenvalue weighted by atomic mass is 9.71. The average molecular weight is 270 g/mol. The minimum atomic E-state index is -1.80. The quantitative estimate of drug-likeness (QED) is 0.785. The predicted molar refractivity (Wildman–Crippen MR) is 64.2 cm³/mol. The number of Topliss-reactive ketones (excluding diaryl/α,β-unsaturated/α-hetero) is 2. The molecule has 0 amide bonds. The third-order valence-corrected chi connectivity index (χ3v) is 4.19. The Balaban J connectivity index is 2.46. The van der Waals surface area contributed by atoms with Crippen LogP contribution in [0.25, 0.3) is 0 Å². The van der Waals surface area contributed by atoms with E-state index in [0.717, 1.165) is 0 Å². The molecule has 0 heterocycles. The van der Waals surface area contributed by atoms with Crippen LogP contribution >= 0.6 is 0 Å². The molecule has 2 aliphatic rings. The Hall–Kier alpha value is -1.40. The number of hydrogen-bond acceptors (Lipinski definition) is 6. The van der Waals surface area contributed by atoms with Crippen molar-refractivity contribution >= 4 is 11.6 Å². The molecule has 1 unspecified atom stereocenters. The first kappa shape index (κ1) is 14.0. The SMILES string of the molecule is COC[C@@]1(O)C(=O)CCC12CC(OC)=C(OC)C2=O. The lowest BCUT2D eigenvalue weighted by Gasteiger charge is -2.35. The van der Waals surface area contributed by atoms with Gasteiger partial charge in [-0.05, 0) is 6.42 Å². The highest BCUT2D eigenvalue weighted by molar-refractivity contribution is 6.09. The van der Waals surface area contributed by atoms with Gasteiger partial charge in [0.2, 0.25) is 11.5 Å². The number of carbonyl (C=O) groups excluding carboxylic acids is 2. The number of ether oxygens (including phenoxy) is 3. The molecule has 0 radical (unpaired) electrons. The van der Waals surface area contributed by atoms with Crippen molar-refractivity contribution < 1.29 is 28.9 Å². The number of carbonyl (C=O) groups is 2. The molecular formula is C13H18O6. The first-order chi connectivity index (χ1) is 8.96. The van der Waals surface area contributed by atoms with Gasteiger partial charge >= 0.3 is 0 Å². The lowest BCUT2D eigenvalue weighted by Crippen LogP contribution is -2.55. The Morgan fingerprint density at radius 2 is 1.89 bits per heavy atom. The molecule has 0 aromatic heterocycles. The van der Waals surface area contributed by atoms with E-state index in [1.807, 2.05) is 0 Å². The fourth-order valence-corrected chi connectivity index (χ4v) is 3.12. The molecule has 0 aliphatic heterocycles. The van der Waals surface area contributed by atoms with E-state index in [1.165, 1.54) is 21.3 Å². The van der Waals surface area contributed by atoms with Crippen LogP contribution in [0.3, 0.4) is 0 Å². The highest BCUT2D eigenvalue weighted by atomic mass is 16.5. The lowest BCUT2D eigenvalue weighted by molar-refractivity contribution is -0.161. The van der Waals surface area contributed by atoms with Crippen molar-refractivity contribution in [1.29, 1.82) is 0 Å². The van der Waals surface area contributed by atoms with Gasteiger partial charge in [0, 0.05) is 20.0 Å². The average Bonchev–Trinajstić information content (AvgIpc) is 2.81. The molecule has 6 heteroatoms. The first-order valence-corrected chi connectivity index (χ1v) is 6.07. The van der Waals surface area contributed by atoms with Crippen molar-refractivity contribution in [2.24, 2.45) is 5.41 Å². The van der Waals surface area contributed by atoms with Crippen LogP contribution in [0.4, 0.5) is 0 Å². The van der Waals surface area contributed by atoms with Gasteiger partial charge in [-0.3, -0.25) is 9.59 Å². The van der Waals surface area contributed by atoms with Crippen LogP contribution in [0.1, 0.15) is 19.3 Å². The summed E-state index contributed by atoms with van der Waals surface area (Å²) in [6.45, 7) is -0.203. The third-order valence-electron chi connectivity index (χ3n) is 4.19. The van der Waals surface area contributed by atoms with E-state index < -0.39 is 11.0 Å². The topological polar surface area (TPSA) is 82.1 Å². The molecule has 0 bridgehead atoms. The maximum Gasteiger partial charge on any atom is 0.210 e. The minimum absolute atomic E-state index is 0.0896. The zero-order valence-electron chi connectivity index (χ0n) is 11.3. The molecule has 1 saturated carbocycles. The summed E-state index contributed by atoms with van der Waals surface area (Å²) in [6, 6.07) is 0. The Morgan fingerprint density at radius 3 is 2.37 bits per heavy atom. The molecular weight excluding hydrogens is 252 g/mol. The van der Waals surface area contributed by atoms with E-state index in [1.54, 1.807) is 0 Å². The van der Waals surface area contributed by atoms with Crippen molar-refractivity contribution in [2.45, 2.75) is 24.9 Å². The molecule has 1 spiro atoms. The summed E-state index contributed by atoms with van der Waals surface area (Å²) >= 11 is 0. The van der Waals surface area contributed by atoms with Crippen molar-refractivity contribution in [2.75, 3.05) is 27.9 Å². The van der Waals surface area contributed by atoms with E-state index in [0.29, 0.717) is 5.76 Å². The van der Waals surface area contributed by atoms with Gasteiger partial charge in [-0.1, -0.05) is 0 Å². The minimum Gasteiger partial charge on any atom is -0.497 e. The molecule has 0 aromatic carbocycles. The van der Waals surface area contributed by atoms with Gasteiger partial charge in [-0.25, -0.2) is 0 Å². The Kier molecular flexibility index (Phi) is 3.40. The van der Waals surface area contributed by atoms with E-state index in [9.17, 15) is 14.7 Å². The first-order valence-electron chi connectivity index (χ1n) is 6.07. The Labute approximate surface area is 111 Å². The van der Waals surface area contributed by atoms with Gasteiger partial charge in [0.05, 0.1) is 26.2 Å². The summed E-state index contributed by atoms with van der Waals surface area (Å²) in [6.07, 6.45) is 0.598. The number of aliphatic hydroxyl groups is 1. The van der Waals surface area contributed by atoms with E-state index in [4.69, 9.17) is 14.2 Å². The fraction of sp³-hybridized carbons (Fsp3) is 0.692. The largest absolute Gasteiger partial charge is 0.497 e. The molecule has 6 nitrogen and oxygen atoms in total. The van der Waals surface area contributed by atoms with Crippen LogP contribution in [-0.2, 0) is 23.8 Å². The van der Waals surface area contributed by atoms with Gasteiger partial charge < -0.3 is 19.3 Å². The highest BCUT2D eigenvalue weighted by Crippen LogP contribution is 2.54. The predicted octanol–water partition coefficient (Wildman–Crippen LogP) is 0.190. The van der Waals surface area contributed by atoms with Gasteiger partial charge in [-0.2, -0.15) is 0 Å². The van der Waals surface area contributed by atoms with Crippen molar-refractivity contribution in [3.63, 3.8) is 0 Å². The van der Waals surface area contributed by atoms with Gasteiger partial charge in [0.25, 0.3) is 0 Å². The summed E-state index contributed by atoms with van der Waals surface area (Å²) in [4.78, 5) is 24.5. The smallest absolute Gasteiger partial charge is 0.210 e. The number of rotatable bonds is 4. The number of ketones is 2. The monoisotopic (exact) mass is 270 g/mol. The number of allylic oxidation sites excluding steroid dienone is 2. The van der Waals surface area contributed by atoms with Gasteiger partial charge in [-0.15, -0.1) is 0 Å². The number of hydrogen-bond donors (Lipinski definition) is 1. The molecule has 106 valence electrons. The summed E-state index contributed by atoms with van der Waals surface area (Å²) in [5.74, 6) is -0.281. The molecule has 2 rings (SSSR count). The van der Waals surface area contributed by atoms with E-state index >= 15 is 0 Å². The Bertz CT molecular complexity index is 454. The van der Waals surface area contributed by atoms with Crippen LogP contribution in [0.15, 0.2) is 11.5 Å². The summed E-state index contributed by atoms with van der Waals surface area (Å²) in [7, 11) is 4.20. The highest BCUT2D eigenvalue weighted by Gasteiger charge is 2.67. The zero-order chi connectivity index (χ0) is 14.3. The normalized spacial score (nSPS) is 34.5. The molecule has 0 saturated heterocycles. The molecule has 2 aliphatic carbocycles. The summed E-state index contributed by atoms with van der Waals surface area (Å²) in [5.41, 5.74) is -3.01. The molecule has 1 fully saturated rings. The molecule has 19 heavy (non-hydrogen) atoms. The third kappa shape index (κ3) is 1.63. The van der Waals surface area contributed by atoms with Crippen LogP contribution < -0.4 is 0 Å². The van der Waals surface area contributed by atoms with Crippen molar-refractivity contribution in [3.8, 4) is 0 Å². The van der Waals surface area contributed by atoms with Crippen LogP contribution in [0.2, 0.25) is 0 Å². The summed E-state index contributed by atoms with van der Waals surface area (Å²) in [5, 5.41) is 10.7. The fourth-order valence-electron chi connectivity index (χ4n) is 3.12. The maximum atomic E-state index is 12.5. The summed E-state index contributed by atoms with van der Waals surface area (Å²) < 4.78 is 15.2. The number of methoxy groups -OCH3 is 3. The zero-order valence-corrected chi connectivity index (χ0v) is 11.3. The molecule has 1 N–H and O–H groups in total. The van der Waals surface area contributed by atoms with E-state index in [2.05, 4.69) is 0 Å². The molecule has 2 atom stereocenters. The second-order valence-corrected chi connectivity index (χ2v) is 4.97. The van der Waals surface area contributed by atoms with Crippen molar-refractivity contribution in [1.82, 2.24) is 0 Å². The van der Waals surface area contributed by atoms with E-state index in [-0.39, 0.29) is 43.2 Å². The second kappa shape index (κ2) is 4.61. The second-order valence-electron chi connectivity index (χ2n) is 4.97. The van der Waals surface area contributed by atoms with Crippen LogP contribution in [-0.4, -0.2) is 50.2 Å². The van der Waals surface area contributed by atoms with Crippen LogP contribution in [0.5, 0.6) is 0 Å². The van der Waals surface area contributed by atoms with Gasteiger partial charge in [0.1, 0.15) is 5.76 Å². The standard InChI is InChI=1S/C13H18O6/c1-17-7-13(16)9(14)4-5-12(13)6-8(18-2)10(19-3)11(12)15/h16H,4-7H2,1-3H3/t12?,13-/m1/s1. The van der Waals surface area contributed by atoms with Crippen LogP contribution in [0, 0.1) is 5.41 Å². The van der Waals surface area contributed by atoms with Crippen molar-refractivity contribution in [3.05, 3.63) is 11.5 Å². The van der Waals surface area contributed by atoms with Gasteiger partial charge in [0.15, 0.2) is 11.4 Å². The maximum absolute atomic E-state index is 12.5.